The first-order valence-corrected chi connectivity index (χ1v) is 8.30. The summed E-state index contributed by atoms with van der Waals surface area (Å²) in [6, 6.07) is 0. The van der Waals surface area contributed by atoms with Gasteiger partial charge in [0.05, 0.1) is 5.92 Å². The van der Waals surface area contributed by atoms with E-state index in [0.29, 0.717) is 13.1 Å². The third kappa shape index (κ3) is 6.55. The number of hydrogen-bond acceptors (Lipinski definition) is 2. The molecule has 1 heterocycles. The predicted molar refractivity (Wildman–Crippen MR) is 81.4 cm³/mol. The average molecular weight is 308 g/mol. The first-order valence-electron chi connectivity index (χ1n) is 8.30. The van der Waals surface area contributed by atoms with Crippen LogP contribution in [0.15, 0.2) is 0 Å². The van der Waals surface area contributed by atoms with Gasteiger partial charge in [0.2, 0.25) is 0 Å². The summed E-state index contributed by atoms with van der Waals surface area (Å²) in [4.78, 5) is 2.23. The van der Waals surface area contributed by atoms with Crippen molar-refractivity contribution in [1.82, 2.24) is 10.2 Å². The van der Waals surface area contributed by atoms with E-state index in [9.17, 15) is 13.2 Å². The zero-order chi connectivity index (χ0) is 15.9. The molecular weight excluding hydrogens is 277 g/mol. The molecule has 0 bridgehead atoms. The molecule has 0 radical (unpaired) electrons. The fourth-order valence-corrected chi connectivity index (χ4v) is 3.35. The second-order valence-electron chi connectivity index (χ2n) is 6.83. The van der Waals surface area contributed by atoms with Crippen LogP contribution < -0.4 is 5.32 Å². The molecule has 1 rings (SSSR count). The summed E-state index contributed by atoms with van der Waals surface area (Å²) < 4.78 is 38.1. The molecule has 0 spiro atoms. The SMILES string of the molecule is CCCNCC(C)(CCC)CN1CCC(C(F)(F)F)CC1. The van der Waals surface area contributed by atoms with Crippen molar-refractivity contribution >= 4 is 0 Å². The highest BCUT2D eigenvalue weighted by Crippen LogP contribution is 2.35. The van der Waals surface area contributed by atoms with Crippen molar-refractivity contribution in [2.45, 2.75) is 59.1 Å². The molecule has 1 saturated heterocycles. The highest BCUT2D eigenvalue weighted by Gasteiger charge is 2.41. The normalized spacial score (nSPS) is 21.4. The molecule has 2 nitrogen and oxygen atoms in total. The molecule has 0 aromatic heterocycles. The Labute approximate surface area is 127 Å². The van der Waals surface area contributed by atoms with Crippen molar-refractivity contribution in [2.24, 2.45) is 11.3 Å². The van der Waals surface area contributed by atoms with E-state index in [0.717, 1.165) is 38.9 Å². The Morgan fingerprint density at radius 1 is 1.10 bits per heavy atom. The molecule has 1 fully saturated rings. The van der Waals surface area contributed by atoms with Gasteiger partial charge in [-0.05, 0) is 50.7 Å². The molecule has 1 atom stereocenters. The Bertz CT molecular complexity index is 286. The van der Waals surface area contributed by atoms with Gasteiger partial charge in [-0.3, -0.25) is 0 Å². The molecule has 0 saturated carbocycles. The van der Waals surface area contributed by atoms with Gasteiger partial charge in [0.1, 0.15) is 0 Å². The van der Waals surface area contributed by atoms with Gasteiger partial charge in [-0.25, -0.2) is 0 Å². The van der Waals surface area contributed by atoms with Crippen molar-refractivity contribution in [3.63, 3.8) is 0 Å². The smallest absolute Gasteiger partial charge is 0.316 e. The maximum Gasteiger partial charge on any atom is 0.391 e. The first kappa shape index (κ1) is 18.8. The van der Waals surface area contributed by atoms with E-state index in [4.69, 9.17) is 0 Å². The molecule has 1 aliphatic rings. The van der Waals surface area contributed by atoms with Crippen molar-refractivity contribution in [3.05, 3.63) is 0 Å². The largest absolute Gasteiger partial charge is 0.391 e. The predicted octanol–water partition coefficient (Wildman–Crippen LogP) is 4.07. The van der Waals surface area contributed by atoms with Crippen LogP contribution in [0, 0.1) is 11.3 Å². The maximum atomic E-state index is 12.7. The lowest BCUT2D eigenvalue weighted by Gasteiger charge is -2.39. The number of alkyl halides is 3. The van der Waals surface area contributed by atoms with Gasteiger partial charge in [0.25, 0.3) is 0 Å². The lowest BCUT2D eigenvalue weighted by molar-refractivity contribution is -0.185. The van der Waals surface area contributed by atoms with E-state index in [1.807, 2.05) is 0 Å². The highest BCUT2D eigenvalue weighted by atomic mass is 19.4. The minimum atomic E-state index is -4.01. The van der Waals surface area contributed by atoms with Crippen molar-refractivity contribution < 1.29 is 13.2 Å². The molecule has 0 aromatic rings. The van der Waals surface area contributed by atoms with E-state index < -0.39 is 12.1 Å². The Kier molecular flexibility index (Phi) is 7.48. The highest BCUT2D eigenvalue weighted by molar-refractivity contribution is 4.84. The Morgan fingerprint density at radius 2 is 1.71 bits per heavy atom. The van der Waals surface area contributed by atoms with Gasteiger partial charge in [-0.15, -0.1) is 0 Å². The van der Waals surface area contributed by atoms with Crippen LogP contribution in [0.5, 0.6) is 0 Å². The summed E-state index contributed by atoms with van der Waals surface area (Å²) in [5, 5.41) is 3.48. The molecule has 21 heavy (non-hydrogen) atoms. The third-order valence-electron chi connectivity index (χ3n) is 4.49. The molecule has 0 amide bonds. The zero-order valence-electron chi connectivity index (χ0n) is 13.7. The summed E-state index contributed by atoms with van der Waals surface area (Å²) in [5.41, 5.74) is 0.162. The standard InChI is InChI=1S/C16H31F3N2/c1-4-8-15(3,12-20-9-5-2)13-21-10-6-14(7-11-21)16(17,18)19/h14,20H,4-13H2,1-3H3. The van der Waals surface area contributed by atoms with Crippen LogP contribution in [0.3, 0.4) is 0 Å². The summed E-state index contributed by atoms with van der Waals surface area (Å²) in [5.74, 6) is -1.09. The van der Waals surface area contributed by atoms with Crippen LogP contribution in [-0.2, 0) is 0 Å². The van der Waals surface area contributed by atoms with Gasteiger partial charge in [-0.2, -0.15) is 13.2 Å². The topological polar surface area (TPSA) is 15.3 Å². The van der Waals surface area contributed by atoms with Gasteiger partial charge in [0.15, 0.2) is 0 Å². The molecule has 126 valence electrons. The van der Waals surface area contributed by atoms with E-state index in [1.165, 1.54) is 0 Å². The van der Waals surface area contributed by atoms with Crippen LogP contribution in [0.25, 0.3) is 0 Å². The van der Waals surface area contributed by atoms with Crippen LogP contribution in [0.2, 0.25) is 0 Å². The van der Waals surface area contributed by atoms with Gasteiger partial charge < -0.3 is 10.2 Å². The van der Waals surface area contributed by atoms with Crippen LogP contribution in [0.4, 0.5) is 13.2 Å². The second-order valence-corrected chi connectivity index (χ2v) is 6.83. The number of hydrogen-bond donors (Lipinski definition) is 1. The van der Waals surface area contributed by atoms with E-state index >= 15 is 0 Å². The Hall–Kier alpha value is -0.290. The monoisotopic (exact) mass is 308 g/mol. The summed E-state index contributed by atoms with van der Waals surface area (Å²) in [7, 11) is 0. The fraction of sp³-hybridized carbons (Fsp3) is 1.00. The second kappa shape index (κ2) is 8.37. The summed E-state index contributed by atoms with van der Waals surface area (Å²) >= 11 is 0. The maximum absolute atomic E-state index is 12.7. The number of rotatable bonds is 8. The number of likely N-dealkylation sites (tertiary alicyclic amines) is 1. The number of nitrogens with one attached hydrogen (secondary N) is 1. The Morgan fingerprint density at radius 3 is 2.19 bits per heavy atom. The molecule has 0 aromatic carbocycles. The van der Waals surface area contributed by atoms with Crippen molar-refractivity contribution in [3.8, 4) is 0 Å². The molecule has 1 N–H and O–H groups in total. The quantitative estimate of drug-likeness (QED) is 0.680. The van der Waals surface area contributed by atoms with Crippen molar-refractivity contribution in [2.75, 3.05) is 32.7 Å². The number of piperidine rings is 1. The fourth-order valence-electron chi connectivity index (χ4n) is 3.35. The molecule has 1 aliphatic heterocycles. The zero-order valence-corrected chi connectivity index (χ0v) is 13.7. The molecule has 5 heteroatoms. The van der Waals surface area contributed by atoms with Crippen LogP contribution >= 0.6 is 0 Å². The van der Waals surface area contributed by atoms with Crippen LogP contribution in [0.1, 0.15) is 52.9 Å². The van der Waals surface area contributed by atoms with Gasteiger partial charge >= 0.3 is 6.18 Å². The van der Waals surface area contributed by atoms with E-state index in [2.05, 4.69) is 31.0 Å². The van der Waals surface area contributed by atoms with E-state index in [1.54, 1.807) is 0 Å². The lowest BCUT2D eigenvalue weighted by Crippen LogP contribution is -2.46. The van der Waals surface area contributed by atoms with Crippen molar-refractivity contribution in [1.29, 1.82) is 0 Å². The Balaban J connectivity index is 2.45. The molecule has 1 unspecified atom stereocenters. The molecular formula is C16H31F3N2. The molecule has 0 aliphatic carbocycles. The average Bonchev–Trinajstić information content (AvgIpc) is 2.38. The van der Waals surface area contributed by atoms with Gasteiger partial charge in [0, 0.05) is 13.1 Å². The lowest BCUT2D eigenvalue weighted by atomic mass is 9.83. The first-order chi connectivity index (χ1) is 9.80. The van der Waals surface area contributed by atoms with Crippen LogP contribution in [-0.4, -0.2) is 43.8 Å². The van der Waals surface area contributed by atoms with E-state index in [-0.39, 0.29) is 18.3 Å². The number of halogens is 3. The minimum absolute atomic E-state index is 0.162. The number of nitrogens with zero attached hydrogens (tertiary/aromatic N) is 1. The minimum Gasteiger partial charge on any atom is -0.316 e. The third-order valence-corrected chi connectivity index (χ3v) is 4.49. The summed E-state index contributed by atoms with van der Waals surface area (Å²) in [6.45, 7) is 10.6. The summed E-state index contributed by atoms with van der Waals surface area (Å²) in [6.07, 6.45) is -0.158. The van der Waals surface area contributed by atoms with Gasteiger partial charge in [-0.1, -0.05) is 27.2 Å².